The van der Waals surface area contributed by atoms with Gasteiger partial charge in [-0.25, -0.2) is 4.98 Å². The molecule has 2 atom stereocenters. The number of aromatic nitrogens is 1. The van der Waals surface area contributed by atoms with Crippen LogP contribution >= 0.6 is 24.0 Å². The first kappa shape index (κ1) is 21.3. The van der Waals surface area contributed by atoms with Crippen molar-refractivity contribution in [3.05, 3.63) is 17.8 Å². The number of nitrogens with one attached hydrogen (secondary N) is 2. The number of hydrogen-bond donors (Lipinski definition) is 2. The average Bonchev–Trinajstić information content (AvgIpc) is 2.91. The standard InChI is InChI=1S/C18H32N4O.HI/c1-12-7-13(2)9-14(8-12)22-17(19-6)21-11-16-20-10-15(23-16)18(3,4)5;/h10,12-14H,7-9,11H2,1-6H3,(H2,19,21,22);1H. The highest BCUT2D eigenvalue weighted by atomic mass is 127. The fraction of sp³-hybridized carbons (Fsp3) is 0.778. The number of guanidine groups is 1. The highest BCUT2D eigenvalue weighted by Crippen LogP contribution is 2.28. The van der Waals surface area contributed by atoms with Crippen molar-refractivity contribution < 1.29 is 4.42 Å². The lowest BCUT2D eigenvalue weighted by atomic mass is 9.80. The van der Waals surface area contributed by atoms with Gasteiger partial charge in [0.2, 0.25) is 5.89 Å². The third-order valence-electron chi connectivity index (χ3n) is 4.44. The SMILES string of the molecule is CN=C(NCc1ncc(C(C)(C)C)o1)NC1CC(C)CC(C)C1.I. The second-order valence-electron chi connectivity index (χ2n) is 8.05. The van der Waals surface area contributed by atoms with Crippen LogP contribution in [0, 0.1) is 11.8 Å². The first-order valence-electron chi connectivity index (χ1n) is 8.70. The fourth-order valence-electron chi connectivity index (χ4n) is 3.35. The Labute approximate surface area is 163 Å². The molecule has 0 aliphatic heterocycles. The van der Waals surface area contributed by atoms with Crippen molar-refractivity contribution in [3.8, 4) is 0 Å². The van der Waals surface area contributed by atoms with Crippen molar-refractivity contribution in [3.63, 3.8) is 0 Å². The van der Waals surface area contributed by atoms with E-state index >= 15 is 0 Å². The van der Waals surface area contributed by atoms with Gasteiger partial charge in [-0.2, -0.15) is 0 Å². The molecule has 0 saturated heterocycles. The summed E-state index contributed by atoms with van der Waals surface area (Å²) in [4.78, 5) is 8.68. The molecule has 6 heteroatoms. The van der Waals surface area contributed by atoms with E-state index in [2.05, 4.69) is 55.2 Å². The topological polar surface area (TPSA) is 62.5 Å². The molecule has 2 unspecified atom stereocenters. The van der Waals surface area contributed by atoms with Crippen molar-refractivity contribution in [1.29, 1.82) is 0 Å². The fourth-order valence-corrected chi connectivity index (χ4v) is 3.35. The maximum Gasteiger partial charge on any atom is 0.213 e. The summed E-state index contributed by atoms with van der Waals surface area (Å²) in [7, 11) is 1.81. The molecule has 1 heterocycles. The molecule has 24 heavy (non-hydrogen) atoms. The number of nitrogens with zero attached hydrogens (tertiary/aromatic N) is 2. The summed E-state index contributed by atoms with van der Waals surface area (Å²) in [5, 5.41) is 6.85. The predicted octanol–water partition coefficient (Wildman–Crippen LogP) is 4.08. The van der Waals surface area contributed by atoms with E-state index in [9.17, 15) is 0 Å². The lowest BCUT2D eigenvalue weighted by Gasteiger charge is -2.32. The van der Waals surface area contributed by atoms with Crippen molar-refractivity contribution >= 4 is 29.9 Å². The molecule has 1 aromatic rings. The van der Waals surface area contributed by atoms with Crippen LogP contribution < -0.4 is 10.6 Å². The second-order valence-corrected chi connectivity index (χ2v) is 8.05. The Morgan fingerprint density at radius 1 is 1.25 bits per heavy atom. The Kier molecular flexibility index (Phi) is 8.02. The van der Waals surface area contributed by atoms with E-state index < -0.39 is 0 Å². The third kappa shape index (κ3) is 6.26. The van der Waals surface area contributed by atoms with E-state index in [4.69, 9.17) is 4.42 Å². The van der Waals surface area contributed by atoms with Crippen LogP contribution in [-0.2, 0) is 12.0 Å². The zero-order valence-electron chi connectivity index (χ0n) is 15.8. The van der Waals surface area contributed by atoms with Gasteiger partial charge in [0.15, 0.2) is 5.96 Å². The zero-order valence-corrected chi connectivity index (χ0v) is 18.2. The minimum atomic E-state index is -0.0143. The summed E-state index contributed by atoms with van der Waals surface area (Å²) in [5.41, 5.74) is -0.0143. The maximum atomic E-state index is 5.81. The normalized spacial score (nSPS) is 25.1. The molecule has 0 spiro atoms. The van der Waals surface area contributed by atoms with Gasteiger partial charge in [0.25, 0.3) is 0 Å². The zero-order chi connectivity index (χ0) is 17.0. The number of hydrogen-bond acceptors (Lipinski definition) is 3. The molecule has 1 aliphatic rings. The van der Waals surface area contributed by atoms with Crippen LogP contribution in [0.3, 0.4) is 0 Å². The Balaban J connectivity index is 0.00000288. The van der Waals surface area contributed by atoms with Crippen LogP contribution in [-0.4, -0.2) is 24.0 Å². The van der Waals surface area contributed by atoms with Gasteiger partial charge in [0.05, 0.1) is 12.7 Å². The van der Waals surface area contributed by atoms with Gasteiger partial charge in [0, 0.05) is 18.5 Å². The summed E-state index contributed by atoms with van der Waals surface area (Å²) in [6.45, 7) is 11.6. The van der Waals surface area contributed by atoms with E-state index in [1.54, 1.807) is 7.05 Å². The van der Waals surface area contributed by atoms with Gasteiger partial charge in [-0.05, 0) is 31.1 Å². The van der Waals surface area contributed by atoms with Gasteiger partial charge in [-0.1, -0.05) is 34.6 Å². The van der Waals surface area contributed by atoms with Gasteiger partial charge >= 0.3 is 0 Å². The van der Waals surface area contributed by atoms with Crippen LogP contribution in [0.1, 0.15) is 65.5 Å². The molecule has 0 aromatic carbocycles. The third-order valence-corrected chi connectivity index (χ3v) is 4.44. The van der Waals surface area contributed by atoms with E-state index in [1.165, 1.54) is 19.3 Å². The maximum absolute atomic E-state index is 5.81. The van der Waals surface area contributed by atoms with Crippen LogP contribution in [0.2, 0.25) is 0 Å². The Bertz CT molecular complexity index is 525. The second kappa shape index (κ2) is 9.06. The molecule has 1 saturated carbocycles. The Morgan fingerprint density at radius 3 is 2.38 bits per heavy atom. The average molecular weight is 448 g/mol. The molecule has 2 N–H and O–H groups in total. The lowest BCUT2D eigenvalue weighted by molar-refractivity contribution is 0.255. The number of rotatable bonds is 3. The molecule has 2 rings (SSSR count). The van der Waals surface area contributed by atoms with Crippen LogP contribution in [0.25, 0.3) is 0 Å². The monoisotopic (exact) mass is 448 g/mol. The summed E-state index contributed by atoms with van der Waals surface area (Å²) in [6, 6.07) is 0.495. The molecule has 0 radical (unpaired) electrons. The summed E-state index contributed by atoms with van der Waals surface area (Å²) < 4.78 is 5.81. The summed E-state index contributed by atoms with van der Waals surface area (Å²) in [5.74, 6) is 3.98. The molecule has 1 fully saturated rings. The highest BCUT2D eigenvalue weighted by molar-refractivity contribution is 14.0. The van der Waals surface area contributed by atoms with Gasteiger partial charge in [-0.3, -0.25) is 4.99 Å². The van der Waals surface area contributed by atoms with E-state index in [1.807, 2.05) is 6.20 Å². The minimum absolute atomic E-state index is 0. The smallest absolute Gasteiger partial charge is 0.213 e. The molecular weight excluding hydrogens is 415 g/mol. The highest BCUT2D eigenvalue weighted by Gasteiger charge is 2.24. The largest absolute Gasteiger partial charge is 0.443 e. The number of halogens is 1. The van der Waals surface area contributed by atoms with Crippen LogP contribution in [0.4, 0.5) is 0 Å². The van der Waals surface area contributed by atoms with E-state index in [0.29, 0.717) is 18.5 Å². The lowest BCUT2D eigenvalue weighted by Crippen LogP contribution is -2.46. The summed E-state index contributed by atoms with van der Waals surface area (Å²) in [6.07, 6.45) is 5.56. The van der Waals surface area contributed by atoms with Gasteiger partial charge < -0.3 is 15.1 Å². The van der Waals surface area contributed by atoms with Crippen LogP contribution in [0.15, 0.2) is 15.6 Å². The molecule has 138 valence electrons. The summed E-state index contributed by atoms with van der Waals surface area (Å²) >= 11 is 0. The molecule has 1 aliphatic carbocycles. The first-order chi connectivity index (χ1) is 10.8. The Hall–Kier alpha value is -0.790. The van der Waals surface area contributed by atoms with Crippen molar-refractivity contribution in [2.24, 2.45) is 16.8 Å². The molecule has 0 bridgehead atoms. The van der Waals surface area contributed by atoms with Crippen molar-refractivity contribution in [2.45, 2.75) is 71.9 Å². The van der Waals surface area contributed by atoms with Gasteiger partial charge in [0.1, 0.15) is 5.76 Å². The quantitative estimate of drug-likeness (QED) is 0.416. The minimum Gasteiger partial charge on any atom is -0.443 e. The molecule has 0 amide bonds. The molecule has 5 nitrogen and oxygen atoms in total. The number of aliphatic imine (C=N–C) groups is 1. The van der Waals surface area contributed by atoms with Crippen molar-refractivity contribution in [2.75, 3.05) is 7.05 Å². The predicted molar refractivity (Wildman–Crippen MR) is 110 cm³/mol. The van der Waals surface area contributed by atoms with E-state index in [-0.39, 0.29) is 29.4 Å². The molecule has 1 aromatic heterocycles. The Morgan fingerprint density at radius 2 is 1.88 bits per heavy atom. The number of oxazole rings is 1. The molecular formula is C18H33IN4O. The van der Waals surface area contributed by atoms with Gasteiger partial charge in [-0.15, -0.1) is 24.0 Å². The van der Waals surface area contributed by atoms with E-state index in [0.717, 1.165) is 23.6 Å². The van der Waals surface area contributed by atoms with Crippen molar-refractivity contribution in [1.82, 2.24) is 15.6 Å². The first-order valence-corrected chi connectivity index (χ1v) is 8.70. The van der Waals surface area contributed by atoms with Crippen LogP contribution in [0.5, 0.6) is 0 Å².